The van der Waals surface area contributed by atoms with E-state index in [0.717, 1.165) is 23.5 Å². The Morgan fingerprint density at radius 3 is 3.11 bits per heavy atom. The Balaban J connectivity index is 1.71. The van der Waals surface area contributed by atoms with Crippen LogP contribution >= 0.6 is 11.3 Å². The van der Waals surface area contributed by atoms with Crippen molar-refractivity contribution in [2.75, 3.05) is 7.05 Å². The highest BCUT2D eigenvalue weighted by Gasteiger charge is 2.11. The predicted molar refractivity (Wildman–Crippen MR) is 77.6 cm³/mol. The van der Waals surface area contributed by atoms with Gasteiger partial charge in [-0.3, -0.25) is 9.38 Å². The van der Waals surface area contributed by atoms with E-state index < -0.39 is 0 Å². The van der Waals surface area contributed by atoms with Crippen LogP contribution in [0.2, 0.25) is 0 Å². The molecule has 0 radical (unpaired) electrons. The third-order valence-corrected chi connectivity index (χ3v) is 3.98. The van der Waals surface area contributed by atoms with Crippen molar-refractivity contribution in [3.63, 3.8) is 0 Å². The molecule has 4 nitrogen and oxygen atoms in total. The number of pyridine rings is 1. The van der Waals surface area contributed by atoms with Gasteiger partial charge in [0.15, 0.2) is 4.96 Å². The van der Waals surface area contributed by atoms with Gasteiger partial charge in [-0.1, -0.05) is 6.07 Å². The number of likely N-dealkylation sites (N-methyl/N-ethyl adjacent to an activating group) is 1. The summed E-state index contributed by atoms with van der Waals surface area (Å²) in [7, 11) is 2.00. The number of hydrogen-bond donors (Lipinski definition) is 1. The lowest BCUT2D eigenvalue weighted by Crippen LogP contribution is -2.30. The topological polar surface area (TPSA) is 42.2 Å². The molecule has 0 aliphatic carbocycles. The van der Waals surface area contributed by atoms with Gasteiger partial charge in [-0.05, 0) is 25.1 Å². The lowest BCUT2D eigenvalue weighted by molar-refractivity contribution is 0.551. The molecule has 98 valence electrons. The lowest BCUT2D eigenvalue weighted by atomic mass is 10.0. The van der Waals surface area contributed by atoms with Crippen LogP contribution in [0.3, 0.4) is 0 Å². The van der Waals surface area contributed by atoms with Crippen molar-refractivity contribution in [3.8, 4) is 0 Å². The van der Waals surface area contributed by atoms with Crippen molar-refractivity contribution < 1.29 is 0 Å². The zero-order valence-corrected chi connectivity index (χ0v) is 11.6. The van der Waals surface area contributed by atoms with E-state index in [4.69, 9.17) is 0 Å². The molecule has 3 aromatic rings. The smallest absolute Gasteiger partial charge is 0.193 e. The third kappa shape index (κ3) is 2.83. The Morgan fingerprint density at radius 1 is 1.42 bits per heavy atom. The van der Waals surface area contributed by atoms with Crippen molar-refractivity contribution in [2.45, 2.75) is 18.9 Å². The molecule has 0 bridgehead atoms. The average molecular weight is 272 g/mol. The molecular formula is C14H16N4S. The number of nitrogens with one attached hydrogen (secondary N) is 1. The Morgan fingerprint density at radius 2 is 2.37 bits per heavy atom. The molecular weight excluding hydrogens is 256 g/mol. The fourth-order valence-electron chi connectivity index (χ4n) is 2.21. The van der Waals surface area contributed by atoms with Crippen LogP contribution in [0.4, 0.5) is 0 Å². The Labute approximate surface area is 116 Å². The van der Waals surface area contributed by atoms with E-state index in [9.17, 15) is 0 Å². The van der Waals surface area contributed by atoms with Gasteiger partial charge in [0.25, 0.3) is 0 Å². The molecule has 0 aliphatic heterocycles. The molecule has 0 saturated heterocycles. The van der Waals surface area contributed by atoms with Crippen molar-refractivity contribution >= 4 is 16.3 Å². The molecule has 0 saturated carbocycles. The molecule has 1 N–H and O–H groups in total. The Hall–Kier alpha value is -1.72. The van der Waals surface area contributed by atoms with Crippen LogP contribution in [0.15, 0.2) is 42.3 Å². The summed E-state index contributed by atoms with van der Waals surface area (Å²) in [5.74, 6) is 0. The van der Waals surface area contributed by atoms with Crippen molar-refractivity contribution in [2.24, 2.45) is 0 Å². The Kier molecular flexibility index (Phi) is 3.57. The fourth-order valence-corrected chi connectivity index (χ4v) is 2.93. The number of rotatable bonds is 5. The number of aromatic nitrogens is 3. The zero-order chi connectivity index (χ0) is 13.1. The van der Waals surface area contributed by atoms with Crippen molar-refractivity contribution in [3.05, 3.63) is 53.6 Å². The van der Waals surface area contributed by atoms with E-state index in [0.29, 0.717) is 6.04 Å². The van der Waals surface area contributed by atoms with E-state index in [1.807, 2.05) is 25.5 Å². The lowest BCUT2D eigenvalue weighted by Gasteiger charge is -2.14. The maximum Gasteiger partial charge on any atom is 0.193 e. The van der Waals surface area contributed by atoms with Gasteiger partial charge in [-0.15, -0.1) is 11.3 Å². The Bertz CT molecular complexity index is 615. The van der Waals surface area contributed by atoms with Crippen molar-refractivity contribution in [1.82, 2.24) is 19.7 Å². The van der Waals surface area contributed by atoms with Crippen LogP contribution in [0, 0.1) is 0 Å². The summed E-state index contributed by atoms with van der Waals surface area (Å²) in [5, 5.41) is 5.41. The van der Waals surface area contributed by atoms with E-state index in [2.05, 4.69) is 37.3 Å². The van der Waals surface area contributed by atoms with Gasteiger partial charge in [0.05, 0.1) is 5.69 Å². The van der Waals surface area contributed by atoms with Gasteiger partial charge in [-0.25, -0.2) is 4.98 Å². The van der Waals surface area contributed by atoms with Gasteiger partial charge in [-0.2, -0.15) is 0 Å². The fraction of sp³-hybridized carbons (Fsp3) is 0.286. The van der Waals surface area contributed by atoms with Crippen LogP contribution in [0.1, 0.15) is 11.3 Å². The highest BCUT2D eigenvalue weighted by molar-refractivity contribution is 7.15. The molecule has 0 spiro atoms. The average Bonchev–Trinajstić information content (AvgIpc) is 3.00. The summed E-state index contributed by atoms with van der Waals surface area (Å²) in [6.07, 6.45) is 9.79. The minimum absolute atomic E-state index is 0.383. The van der Waals surface area contributed by atoms with E-state index >= 15 is 0 Å². The molecule has 3 aromatic heterocycles. The van der Waals surface area contributed by atoms with Gasteiger partial charge in [0.1, 0.15) is 0 Å². The maximum atomic E-state index is 4.63. The van der Waals surface area contributed by atoms with Crippen LogP contribution < -0.4 is 5.32 Å². The summed E-state index contributed by atoms with van der Waals surface area (Å²) >= 11 is 1.67. The molecule has 0 aliphatic rings. The number of imidazole rings is 1. The largest absolute Gasteiger partial charge is 0.316 e. The van der Waals surface area contributed by atoms with Crippen LogP contribution in [0.25, 0.3) is 4.96 Å². The van der Waals surface area contributed by atoms with Gasteiger partial charge >= 0.3 is 0 Å². The van der Waals surface area contributed by atoms with Gasteiger partial charge in [0, 0.05) is 42.6 Å². The first-order valence-electron chi connectivity index (χ1n) is 6.32. The highest BCUT2D eigenvalue weighted by atomic mass is 32.1. The summed E-state index contributed by atoms with van der Waals surface area (Å²) in [6, 6.07) is 4.48. The van der Waals surface area contributed by atoms with Crippen LogP contribution in [-0.4, -0.2) is 27.5 Å². The first-order valence-corrected chi connectivity index (χ1v) is 7.20. The molecule has 1 atom stereocenters. The molecule has 3 heterocycles. The van der Waals surface area contributed by atoms with Crippen LogP contribution in [0.5, 0.6) is 0 Å². The number of hydrogen-bond acceptors (Lipinski definition) is 4. The summed E-state index contributed by atoms with van der Waals surface area (Å²) < 4.78 is 2.08. The predicted octanol–water partition coefficient (Wildman–Crippen LogP) is 2.16. The number of fused-ring (bicyclic) bond motifs is 1. The van der Waals surface area contributed by atoms with E-state index in [1.54, 1.807) is 17.5 Å². The molecule has 3 rings (SSSR count). The third-order valence-electron chi connectivity index (χ3n) is 3.21. The van der Waals surface area contributed by atoms with E-state index in [1.165, 1.54) is 5.56 Å². The number of thiazole rings is 1. The van der Waals surface area contributed by atoms with Gasteiger partial charge in [0.2, 0.25) is 0 Å². The SMILES string of the molecule is CNC(Cc1cccnc1)Cc1cn2ccsc2n1. The molecule has 1 unspecified atom stereocenters. The van der Waals surface area contributed by atoms with Crippen LogP contribution in [-0.2, 0) is 12.8 Å². The molecule has 0 aromatic carbocycles. The van der Waals surface area contributed by atoms with Gasteiger partial charge < -0.3 is 5.32 Å². The highest BCUT2D eigenvalue weighted by Crippen LogP contribution is 2.13. The van der Waals surface area contributed by atoms with Crippen molar-refractivity contribution in [1.29, 1.82) is 0 Å². The molecule has 0 amide bonds. The zero-order valence-electron chi connectivity index (χ0n) is 10.8. The second-order valence-corrected chi connectivity index (χ2v) is 5.45. The second kappa shape index (κ2) is 5.50. The first-order chi connectivity index (χ1) is 9.35. The summed E-state index contributed by atoms with van der Waals surface area (Å²) in [6.45, 7) is 0. The number of nitrogens with zero attached hydrogens (tertiary/aromatic N) is 3. The quantitative estimate of drug-likeness (QED) is 0.774. The minimum atomic E-state index is 0.383. The molecule has 19 heavy (non-hydrogen) atoms. The summed E-state index contributed by atoms with van der Waals surface area (Å²) in [5.41, 5.74) is 2.39. The minimum Gasteiger partial charge on any atom is -0.316 e. The normalized spacial score (nSPS) is 12.9. The summed E-state index contributed by atoms with van der Waals surface area (Å²) in [4.78, 5) is 9.85. The first kappa shape index (κ1) is 12.3. The molecule has 5 heteroatoms. The second-order valence-electron chi connectivity index (χ2n) is 4.58. The van der Waals surface area contributed by atoms with E-state index in [-0.39, 0.29) is 0 Å². The maximum absolute atomic E-state index is 4.63. The monoisotopic (exact) mass is 272 g/mol. The standard InChI is InChI=1S/C14H16N4S/c1-15-12(7-11-3-2-4-16-9-11)8-13-10-18-5-6-19-14(18)17-13/h2-6,9-10,12,15H,7-8H2,1H3. The molecule has 0 fully saturated rings.